The summed E-state index contributed by atoms with van der Waals surface area (Å²) in [6, 6.07) is 21.1. The summed E-state index contributed by atoms with van der Waals surface area (Å²) in [6.45, 7) is 2.84. The number of ether oxygens (including phenoxy) is 1. The van der Waals surface area contributed by atoms with Gasteiger partial charge in [0.15, 0.2) is 6.61 Å². The van der Waals surface area contributed by atoms with Gasteiger partial charge in [0.1, 0.15) is 5.75 Å². The van der Waals surface area contributed by atoms with Crippen LogP contribution in [-0.2, 0) is 14.8 Å². The predicted octanol–water partition coefficient (Wildman–Crippen LogP) is 2.89. The standard InChI is InChI=1S/C26H28N4O5S/c1-29-15-17-30(18-16-29)26(32)20-7-9-21(10-8-20)27-25(31)19-35-23-11-13-24(14-12-23)36(33,34)28-22-5-3-2-4-6-22/h2-14,28H,15-19H2,1H3,(H,27,31). The molecular weight excluding hydrogens is 480 g/mol. The van der Waals surface area contributed by atoms with Crippen molar-refractivity contribution in [2.45, 2.75) is 4.90 Å². The molecule has 9 nitrogen and oxygen atoms in total. The van der Waals surface area contributed by atoms with Crippen LogP contribution < -0.4 is 14.8 Å². The minimum absolute atomic E-state index is 0.0197. The highest BCUT2D eigenvalue weighted by Gasteiger charge is 2.20. The van der Waals surface area contributed by atoms with Gasteiger partial charge in [-0.05, 0) is 67.7 Å². The summed E-state index contributed by atoms with van der Waals surface area (Å²) in [7, 11) is -1.70. The Morgan fingerprint density at radius 1 is 0.833 bits per heavy atom. The van der Waals surface area contributed by atoms with E-state index in [1.807, 2.05) is 11.9 Å². The highest BCUT2D eigenvalue weighted by Crippen LogP contribution is 2.19. The summed E-state index contributed by atoms with van der Waals surface area (Å²) in [6.07, 6.45) is 0. The molecule has 2 amide bonds. The molecule has 1 heterocycles. The molecule has 0 spiro atoms. The molecule has 0 unspecified atom stereocenters. The average Bonchev–Trinajstić information content (AvgIpc) is 2.88. The predicted molar refractivity (Wildman–Crippen MR) is 138 cm³/mol. The first kappa shape index (κ1) is 25.2. The van der Waals surface area contributed by atoms with Gasteiger partial charge in [0.25, 0.3) is 21.8 Å². The Hall–Kier alpha value is -3.89. The van der Waals surface area contributed by atoms with Crippen molar-refractivity contribution in [2.24, 2.45) is 0 Å². The molecule has 0 bridgehead atoms. The van der Waals surface area contributed by atoms with Crippen molar-refractivity contribution in [3.8, 4) is 5.75 Å². The largest absolute Gasteiger partial charge is 0.484 e. The zero-order valence-electron chi connectivity index (χ0n) is 19.9. The number of hydrogen-bond acceptors (Lipinski definition) is 6. The number of nitrogens with one attached hydrogen (secondary N) is 2. The molecule has 1 aliphatic heterocycles. The number of carbonyl (C=O) groups is 2. The molecule has 36 heavy (non-hydrogen) atoms. The number of likely N-dealkylation sites (N-methyl/N-ethyl adjacent to an activating group) is 1. The Morgan fingerprint density at radius 3 is 2.11 bits per heavy atom. The molecule has 0 aromatic heterocycles. The van der Waals surface area contributed by atoms with E-state index in [1.54, 1.807) is 54.6 Å². The lowest BCUT2D eigenvalue weighted by molar-refractivity contribution is -0.118. The molecule has 188 valence electrons. The Balaban J connectivity index is 1.26. The maximum atomic E-state index is 12.6. The molecule has 0 atom stereocenters. The molecule has 0 aliphatic carbocycles. The molecular formula is C26H28N4O5S. The number of para-hydroxylation sites is 1. The third-order valence-electron chi connectivity index (χ3n) is 5.74. The molecule has 3 aromatic rings. The zero-order chi connectivity index (χ0) is 25.5. The second-order valence-corrected chi connectivity index (χ2v) is 10.1. The summed E-state index contributed by atoms with van der Waals surface area (Å²) in [5, 5.41) is 2.73. The van der Waals surface area contributed by atoms with Crippen LogP contribution in [0.25, 0.3) is 0 Å². The van der Waals surface area contributed by atoms with Gasteiger partial charge >= 0.3 is 0 Å². The average molecular weight is 509 g/mol. The van der Waals surface area contributed by atoms with Gasteiger partial charge in [-0.3, -0.25) is 14.3 Å². The van der Waals surface area contributed by atoms with E-state index in [0.717, 1.165) is 13.1 Å². The fraction of sp³-hybridized carbons (Fsp3) is 0.231. The van der Waals surface area contributed by atoms with Crippen molar-refractivity contribution in [2.75, 3.05) is 49.9 Å². The lowest BCUT2D eigenvalue weighted by Gasteiger charge is -2.32. The Labute approximate surface area is 210 Å². The van der Waals surface area contributed by atoms with E-state index in [9.17, 15) is 18.0 Å². The van der Waals surface area contributed by atoms with Crippen LogP contribution in [0.1, 0.15) is 10.4 Å². The smallest absolute Gasteiger partial charge is 0.262 e. The molecule has 0 radical (unpaired) electrons. The van der Waals surface area contributed by atoms with Crippen LogP contribution in [0.3, 0.4) is 0 Å². The van der Waals surface area contributed by atoms with E-state index in [4.69, 9.17) is 4.74 Å². The molecule has 1 saturated heterocycles. The van der Waals surface area contributed by atoms with Gasteiger partial charge in [0.05, 0.1) is 4.90 Å². The number of hydrogen-bond donors (Lipinski definition) is 2. The molecule has 1 aliphatic rings. The number of anilines is 2. The van der Waals surface area contributed by atoms with E-state index >= 15 is 0 Å². The van der Waals surface area contributed by atoms with Crippen molar-refractivity contribution >= 4 is 33.2 Å². The third kappa shape index (κ3) is 6.61. The minimum Gasteiger partial charge on any atom is -0.484 e. The van der Waals surface area contributed by atoms with Crippen molar-refractivity contribution < 1.29 is 22.7 Å². The molecule has 10 heteroatoms. The van der Waals surface area contributed by atoms with Crippen molar-refractivity contribution in [3.05, 3.63) is 84.4 Å². The SMILES string of the molecule is CN1CCN(C(=O)c2ccc(NC(=O)COc3ccc(S(=O)(=O)Nc4ccccc4)cc3)cc2)CC1. The lowest BCUT2D eigenvalue weighted by Crippen LogP contribution is -2.47. The van der Waals surface area contributed by atoms with Crippen LogP contribution >= 0.6 is 0 Å². The number of piperazine rings is 1. The summed E-state index contributed by atoms with van der Waals surface area (Å²) in [4.78, 5) is 29.0. The molecule has 2 N–H and O–H groups in total. The van der Waals surface area contributed by atoms with E-state index < -0.39 is 10.0 Å². The third-order valence-corrected chi connectivity index (χ3v) is 7.13. The van der Waals surface area contributed by atoms with Crippen LogP contribution in [-0.4, -0.2) is 69.9 Å². The quantitative estimate of drug-likeness (QED) is 0.485. The zero-order valence-corrected chi connectivity index (χ0v) is 20.7. The molecule has 1 fully saturated rings. The van der Waals surface area contributed by atoms with Crippen LogP contribution in [0, 0.1) is 0 Å². The lowest BCUT2D eigenvalue weighted by atomic mass is 10.1. The fourth-order valence-electron chi connectivity index (χ4n) is 3.67. The summed E-state index contributed by atoms with van der Waals surface area (Å²) >= 11 is 0. The molecule has 4 rings (SSSR count). The highest BCUT2D eigenvalue weighted by atomic mass is 32.2. The second kappa shape index (κ2) is 11.2. The number of benzene rings is 3. The first-order valence-electron chi connectivity index (χ1n) is 11.5. The number of nitrogens with zero attached hydrogens (tertiary/aromatic N) is 2. The summed E-state index contributed by atoms with van der Waals surface area (Å²) in [5.74, 6) is -0.0405. The topological polar surface area (TPSA) is 108 Å². The van der Waals surface area contributed by atoms with Crippen molar-refractivity contribution in [1.29, 1.82) is 0 Å². The monoisotopic (exact) mass is 508 g/mol. The Morgan fingerprint density at radius 2 is 1.47 bits per heavy atom. The highest BCUT2D eigenvalue weighted by molar-refractivity contribution is 7.92. The minimum atomic E-state index is -3.74. The summed E-state index contributed by atoms with van der Waals surface area (Å²) < 4.78 is 33.0. The van der Waals surface area contributed by atoms with Gasteiger partial charge in [-0.2, -0.15) is 0 Å². The van der Waals surface area contributed by atoms with E-state index in [2.05, 4.69) is 14.9 Å². The van der Waals surface area contributed by atoms with Gasteiger partial charge in [0.2, 0.25) is 0 Å². The first-order chi connectivity index (χ1) is 17.3. The molecule has 0 saturated carbocycles. The maximum absolute atomic E-state index is 12.6. The van der Waals surface area contributed by atoms with E-state index in [1.165, 1.54) is 24.3 Å². The maximum Gasteiger partial charge on any atom is 0.262 e. The molecule has 3 aromatic carbocycles. The number of rotatable bonds is 8. The van der Waals surface area contributed by atoms with Crippen molar-refractivity contribution in [1.82, 2.24) is 9.80 Å². The van der Waals surface area contributed by atoms with Gasteiger partial charge < -0.3 is 19.9 Å². The second-order valence-electron chi connectivity index (χ2n) is 8.45. The van der Waals surface area contributed by atoms with E-state index in [0.29, 0.717) is 35.8 Å². The Kier molecular flexibility index (Phi) is 7.87. The number of sulfonamides is 1. The first-order valence-corrected chi connectivity index (χ1v) is 13.0. The van der Waals surface area contributed by atoms with Crippen molar-refractivity contribution in [3.63, 3.8) is 0 Å². The van der Waals surface area contributed by atoms with Crippen LogP contribution in [0.4, 0.5) is 11.4 Å². The van der Waals surface area contributed by atoms with Gasteiger partial charge in [0, 0.05) is 43.1 Å². The van der Waals surface area contributed by atoms with Crippen LogP contribution in [0.15, 0.2) is 83.8 Å². The van der Waals surface area contributed by atoms with Crippen LogP contribution in [0.2, 0.25) is 0 Å². The summed E-state index contributed by atoms with van der Waals surface area (Å²) in [5.41, 5.74) is 1.59. The van der Waals surface area contributed by atoms with Gasteiger partial charge in [-0.15, -0.1) is 0 Å². The fourth-order valence-corrected chi connectivity index (χ4v) is 4.73. The number of amides is 2. The normalized spacial score (nSPS) is 14.2. The van der Waals surface area contributed by atoms with Gasteiger partial charge in [-0.1, -0.05) is 18.2 Å². The Bertz CT molecular complexity index is 1290. The number of carbonyl (C=O) groups excluding carboxylic acids is 2. The van der Waals surface area contributed by atoms with Gasteiger partial charge in [-0.25, -0.2) is 8.42 Å². The van der Waals surface area contributed by atoms with E-state index in [-0.39, 0.29) is 23.3 Å². The van der Waals surface area contributed by atoms with Crippen LogP contribution in [0.5, 0.6) is 5.75 Å².